The van der Waals surface area contributed by atoms with Gasteiger partial charge in [-0.15, -0.1) is 13.2 Å². The van der Waals surface area contributed by atoms with E-state index >= 15 is 0 Å². The number of hydrogen-bond acceptors (Lipinski definition) is 7. The second-order valence-electron chi connectivity index (χ2n) is 9.98. The summed E-state index contributed by atoms with van der Waals surface area (Å²) in [5.41, 5.74) is 6.64. The number of amidine groups is 1. The molecule has 0 bridgehead atoms. The Hall–Kier alpha value is -4.93. The normalized spacial score (nSPS) is 15.9. The number of alkyl halides is 6. The highest BCUT2D eigenvalue weighted by Gasteiger charge is 2.36. The number of carbonyl (C=O) groups excluding carboxylic acids is 3. The zero-order valence-corrected chi connectivity index (χ0v) is 24.2. The van der Waals surface area contributed by atoms with E-state index in [1.807, 2.05) is 0 Å². The fourth-order valence-corrected chi connectivity index (χ4v) is 5.09. The average molecular weight is 668 g/mol. The first-order valence-corrected chi connectivity index (χ1v) is 14.4. The van der Waals surface area contributed by atoms with Crippen molar-refractivity contribution in [2.24, 2.45) is 4.99 Å². The SMILES string of the molecule is O=C(/N=C1\SCC(=O)N1c1cc(C2CC2)ccc1OCC(F)(F)F)Nc1ccc(NNC(=O)c2ccc(OC(F)(F)F)cc2)cc1. The number of halogens is 6. The molecule has 0 aromatic heterocycles. The Morgan fingerprint density at radius 2 is 1.61 bits per heavy atom. The zero-order valence-electron chi connectivity index (χ0n) is 23.4. The Morgan fingerprint density at radius 3 is 2.24 bits per heavy atom. The number of urea groups is 1. The van der Waals surface area contributed by atoms with Gasteiger partial charge in [-0.05, 0) is 85.0 Å². The maximum absolute atomic E-state index is 12.9. The fraction of sp³-hybridized carbons (Fsp3) is 0.241. The van der Waals surface area contributed by atoms with Gasteiger partial charge in [-0.25, -0.2) is 4.79 Å². The van der Waals surface area contributed by atoms with E-state index in [0.29, 0.717) is 5.69 Å². The smallest absolute Gasteiger partial charge is 0.482 e. The lowest BCUT2D eigenvalue weighted by Gasteiger charge is -2.21. The second-order valence-corrected chi connectivity index (χ2v) is 10.9. The number of nitrogens with one attached hydrogen (secondary N) is 3. The van der Waals surface area contributed by atoms with Crippen LogP contribution in [0.5, 0.6) is 11.5 Å². The van der Waals surface area contributed by atoms with Gasteiger partial charge in [0.15, 0.2) is 11.8 Å². The van der Waals surface area contributed by atoms with Crippen molar-refractivity contribution in [1.82, 2.24) is 5.43 Å². The van der Waals surface area contributed by atoms with Crippen molar-refractivity contribution in [1.29, 1.82) is 0 Å². The largest absolute Gasteiger partial charge is 0.573 e. The van der Waals surface area contributed by atoms with Gasteiger partial charge >= 0.3 is 18.6 Å². The molecule has 0 radical (unpaired) electrons. The summed E-state index contributed by atoms with van der Waals surface area (Å²) in [4.78, 5) is 42.9. The van der Waals surface area contributed by atoms with Crippen LogP contribution in [0.15, 0.2) is 71.7 Å². The Kier molecular flexibility index (Phi) is 9.32. The van der Waals surface area contributed by atoms with Gasteiger partial charge in [0.2, 0.25) is 5.91 Å². The molecule has 1 saturated carbocycles. The van der Waals surface area contributed by atoms with Crippen LogP contribution in [0.4, 0.5) is 48.2 Å². The van der Waals surface area contributed by atoms with E-state index in [-0.39, 0.29) is 39.5 Å². The summed E-state index contributed by atoms with van der Waals surface area (Å²) in [6.45, 7) is -1.56. The molecule has 0 unspecified atom stereocenters. The molecule has 4 amide bonds. The molecule has 5 rings (SSSR count). The van der Waals surface area contributed by atoms with Crippen LogP contribution in [0, 0.1) is 0 Å². The van der Waals surface area contributed by atoms with E-state index in [0.717, 1.165) is 59.3 Å². The number of rotatable bonds is 9. The topological polar surface area (TPSA) is 121 Å². The molecule has 3 N–H and O–H groups in total. The molecule has 3 aromatic carbocycles. The summed E-state index contributed by atoms with van der Waals surface area (Å²) in [6, 6.07) is 14.0. The lowest BCUT2D eigenvalue weighted by molar-refractivity contribution is -0.274. The molecule has 0 atom stereocenters. The molecular formula is C29H23F6N5O5S. The Morgan fingerprint density at radius 1 is 0.935 bits per heavy atom. The van der Waals surface area contributed by atoms with E-state index < -0.39 is 42.7 Å². The van der Waals surface area contributed by atoms with Crippen molar-refractivity contribution < 1.29 is 50.2 Å². The summed E-state index contributed by atoms with van der Waals surface area (Å²) in [7, 11) is 0. The van der Waals surface area contributed by atoms with Crippen LogP contribution >= 0.6 is 11.8 Å². The first-order valence-electron chi connectivity index (χ1n) is 13.5. The van der Waals surface area contributed by atoms with Crippen molar-refractivity contribution in [3.05, 3.63) is 77.9 Å². The highest BCUT2D eigenvalue weighted by molar-refractivity contribution is 8.15. The van der Waals surface area contributed by atoms with Gasteiger partial charge < -0.3 is 14.8 Å². The number of hydrogen-bond donors (Lipinski definition) is 3. The average Bonchev–Trinajstić information content (AvgIpc) is 3.78. The van der Waals surface area contributed by atoms with Crippen molar-refractivity contribution in [3.63, 3.8) is 0 Å². The van der Waals surface area contributed by atoms with Gasteiger partial charge in [0.05, 0.1) is 17.1 Å². The number of nitrogens with zero attached hydrogens (tertiary/aromatic N) is 2. The second kappa shape index (κ2) is 13.2. The molecule has 242 valence electrons. The molecule has 1 heterocycles. The Labute approximate surface area is 261 Å². The van der Waals surface area contributed by atoms with E-state index in [4.69, 9.17) is 4.74 Å². The van der Waals surface area contributed by atoms with Crippen molar-refractivity contribution >= 4 is 51.8 Å². The summed E-state index contributed by atoms with van der Waals surface area (Å²) in [5, 5.41) is 2.49. The van der Waals surface area contributed by atoms with Gasteiger partial charge in [-0.3, -0.25) is 25.3 Å². The van der Waals surface area contributed by atoms with E-state index in [1.54, 1.807) is 12.1 Å². The van der Waals surface area contributed by atoms with Gasteiger partial charge in [0, 0.05) is 11.3 Å². The highest BCUT2D eigenvalue weighted by Crippen LogP contribution is 2.44. The van der Waals surface area contributed by atoms with Crippen LogP contribution in [0.3, 0.4) is 0 Å². The van der Waals surface area contributed by atoms with Gasteiger partial charge in [-0.1, -0.05) is 17.8 Å². The van der Waals surface area contributed by atoms with Gasteiger partial charge in [0.25, 0.3) is 5.91 Å². The predicted octanol–water partition coefficient (Wildman–Crippen LogP) is 6.83. The quantitative estimate of drug-likeness (QED) is 0.169. The van der Waals surface area contributed by atoms with Crippen LogP contribution in [0.25, 0.3) is 0 Å². The maximum Gasteiger partial charge on any atom is 0.573 e. The molecule has 1 aliphatic heterocycles. The highest BCUT2D eigenvalue weighted by atomic mass is 32.2. The minimum absolute atomic E-state index is 0.0358. The lowest BCUT2D eigenvalue weighted by Crippen LogP contribution is -2.31. The minimum Gasteiger partial charge on any atom is -0.482 e. The van der Waals surface area contributed by atoms with Gasteiger partial charge in [-0.2, -0.15) is 18.2 Å². The van der Waals surface area contributed by atoms with Crippen LogP contribution in [-0.2, 0) is 4.79 Å². The number of aliphatic imine (C=N–C) groups is 1. The standard InChI is InChI=1S/C29H23F6N5O5S/c30-28(31,32)15-44-23-12-5-18(16-1-2-16)13-22(23)40-24(41)14-46-27(40)37-26(43)36-19-6-8-20(9-7-19)38-39-25(42)17-3-10-21(11-4-17)45-29(33,34)35/h3-13,16,38H,1-2,14-15H2,(H,36,43)(H,39,42)/b37-27-. The van der Waals surface area contributed by atoms with Crippen LogP contribution in [0.1, 0.15) is 34.7 Å². The van der Waals surface area contributed by atoms with Crippen molar-refractivity contribution in [2.75, 3.05) is 28.0 Å². The monoisotopic (exact) mass is 667 g/mol. The third-order valence-corrected chi connectivity index (χ3v) is 7.36. The number of ether oxygens (including phenoxy) is 2. The van der Waals surface area contributed by atoms with E-state index in [2.05, 4.69) is 25.9 Å². The fourth-order valence-electron chi connectivity index (χ4n) is 4.23. The summed E-state index contributed by atoms with van der Waals surface area (Å²) in [6.07, 6.45) is -7.64. The molecule has 3 aromatic rings. The Bertz CT molecular complexity index is 1640. The zero-order chi connectivity index (χ0) is 33.1. The third-order valence-electron chi connectivity index (χ3n) is 6.43. The van der Waals surface area contributed by atoms with Crippen molar-refractivity contribution in [3.8, 4) is 11.5 Å². The lowest BCUT2D eigenvalue weighted by atomic mass is 10.1. The Balaban J connectivity index is 1.21. The van der Waals surface area contributed by atoms with E-state index in [1.165, 1.54) is 30.3 Å². The number of benzene rings is 3. The van der Waals surface area contributed by atoms with E-state index in [9.17, 15) is 40.7 Å². The molecule has 0 spiro atoms. The van der Waals surface area contributed by atoms with Gasteiger partial charge in [0.1, 0.15) is 11.5 Å². The summed E-state index contributed by atoms with van der Waals surface area (Å²) >= 11 is 0.948. The van der Waals surface area contributed by atoms with Crippen LogP contribution < -0.4 is 30.5 Å². The number of thioether (sulfide) groups is 1. The predicted molar refractivity (Wildman–Crippen MR) is 157 cm³/mol. The molecule has 2 fully saturated rings. The van der Waals surface area contributed by atoms with Crippen molar-refractivity contribution in [2.45, 2.75) is 31.3 Å². The molecule has 1 saturated heterocycles. The number of hydrazine groups is 1. The molecular weight excluding hydrogens is 644 g/mol. The molecule has 1 aliphatic carbocycles. The van der Waals surface area contributed by atoms with Crippen LogP contribution in [-0.4, -0.2) is 47.9 Å². The van der Waals surface area contributed by atoms with Crippen LogP contribution in [0.2, 0.25) is 0 Å². The summed E-state index contributed by atoms with van der Waals surface area (Å²) < 4.78 is 84.3. The molecule has 46 heavy (non-hydrogen) atoms. The number of amides is 4. The molecule has 2 aliphatic rings. The third kappa shape index (κ3) is 8.83. The molecule has 17 heteroatoms. The minimum atomic E-state index is -4.86. The number of anilines is 3. The first-order chi connectivity index (χ1) is 21.7. The molecule has 10 nitrogen and oxygen atoms in total. The maximum atomic E-state index is 12.9. The summed E-state index contributed by atoms with van der Waals surface area (Å²) in [5.74, 6) is -1.64. The number of carbonyl (C=O) groups is 3. The first kappa shape index (κ1) is 32.5.